The third kappa shape index (κ3) is 3.05. The lowest BCUT2D eigenvalue weighted by molar-refractivity contribution is -0.124. The van der Waals surface area contributed by atoms with Gasteiger partial charge in [0.1, 0.15) is 6.17 Å². The average Bonchev–Trinajstić information content (AvgIpc) is 2.49. The largest absolute Gasteiger partial charge is 0.352 e. The third-order valence-corrected chi connectivity index (χ3v) is 3.11. The number of halogens is 2. The Morgan fingerprint density at radius 1 is 1.40 bits per heavy atom. The number of rotatable bonds is 2. The van der Waals surface area contributed by atoms with Crippen LogP contribution in [0.25, 0.3) is 0 Å². The molecule has 1 amide bonds. The SMILES string of the molecule is CC1CC(NC(=O)[C@H]2C[C@H](F)CN2)C1.Cl. The highest BCUT2D eigenvalue weighted by Crippen LogP contribution is 2.26. The molecule has 1 saturated carbocycles. The second-order valence-electron chi connectivity index (χ2n) is 4.58. The molecule has 2 aliphatic rings. The third-order valence-electron chi connectivity index (χ3n) is 3.11. The Labute approximate surface area is 95.6 Å². The molecule has 0 spiro atoms. The molecule has 0 aromatic carbocycles. The van der Waals surface area contributed by atoms with Gasteiger partial charge in [0.15, 0.2) is 0 Å². The molecule has 0 aromatic rings. The summed E-state index contributed by atoms with van der Waals surface area (Å²) in [4.78, 5) is 11.6. The monoisotopic (exact) mass is 236 g/mol. The van der Waals surface area contributed by atoms with Crippen molar-refractivity contribution in [2.75, 3.05) is 6.54 Å². The molecule has 0 unspecified atom stereocenters. The molecule has 88 valence electrons. The number of amides is 1. The van der Waals surface area contributed by atoms with Gasteiger partial charge < -0.3 is 10.6 Å². The molecule has 1 aliphatic heterocycles. The van der Waals surface area contributed by atoms with Crippen LogP contribution in [0.15, 0.2) is 0 Å². The molecular formula is C10H18ClFN2O. The summed E-state index contributed by atoms with van der Waals surface area (Å²) in [5.41, 5.74) is 0. The number of nitrogens with one attached hydrogen (secondary N) is 2. The van der Waals surface area contributed by atoms with Crippen LogP contribution in [0.3, 0.4) is 0 Å². The summed E-state index contributed by atoms with van der Waals surface area (Å²) in [7, 11) is 0. The maximum Gasteiger partial charge on any atom is 0.237 e. The zero-order valence-electron chi connectivity index (χ0n) is 8.83. The Hall–Kier alpha value is -0.350. The van der Waals surface area contributed by atoms with Crippen LogP contribution in [0.2, 0.25) is 0 Å². The van der Waals surface area contributed by atoms with Crippen LogP contribution >= 0.6 is 12.4 Å². The van der Waals surface area contributed by atoms with Crippen molar-refractivity contribution < 1.29 is 9.18 Å². The standard InChI is InChI=1S/C10H17FN2O.ClH/c1-6-2-8(3-6)13-10(14)9-4-7(11)5-12-9;/h6-9,12H,2-5H2,1H3,(H,13,14);1H/t6?,7-,8?,9+;/m0./s1. The molecule has 1 saturated heterocycles. The first kappa shape index (κ1) is 12.7. The van der Waals surface area contributed by atoms with Crippen molar-refractivity contribution in [1.82, 2.24) is 10.6 Å². The van der Waals surface area contributed by atoms with Gasteiger partial charge in [0.25, 0.3) is 0 Å². The van der Waals surface area contributed by atoms with Crippen LogP contribution in [-0.2, 0) is 4.79 Å². The fraction of sp³-hybridized carbons (Fsp3) is 0.900. The van der Waals surface area contributed by atoms with Gasteiger partial charge in [0, 0.05) is 19.0 Å². The highest BCUT2D eigenvalue weighted by Gasteiger charge is 2.33. The molecule has 3 nitrogen and oxygen atoms in total. The van der Waals surface area contributed by atoms with Crippen molar-refractivity contribution in [2.24, 2.45) is 5.92 Å². The molecule has 0 aromatic heterocycles. The van der Waals surface area contributed by atoms with Gasteiger partial charge in [0.2, 0.25) is 5.91 Å². The summed E-state index contributed by atoms with van der Waals surface area (Å²) in [5, 5.41) is 5.83. The second kappa shape index (κ2) is 5.12. The topological polar surface area (TPSA) is 41.1 Å². The highest BCUT2D eigenvalue weighted by molar-refractivity contribution is 5.85. The van der Waals surface area contributed by atoms with Crippen molar-refractivity contribution in [3.63, 3.8) is 0 Å². The van der Waals surface area contributed by atoms with E-state index in [-0.39, 0.29) is 24.4 Å². The van der Waals surface area contributed by atoms with Crippen molar-refractivity contribution in [3.8, 4) is 0 Å². The zero-order chi connectivity index (χ0) is 10.1. The van der Waals surface area contributed by atoms with Crippen LogP contribution in [0.1, 0.15) is 26.2 Å². The summed E-state index contributed by atoms with van der Waals surface area (Å²) in [5.74, 6) is 0.702. The number of hydrogen-bond donors (Lipinski definition) is 2. The zero-order valence-corrected chi connectivity index (χ0v) is 9.65. The fourth-order valence-electron chi connectivity index (χ4n) is 2.21. The minimum atomic E-state index is -0.855. The Morgan fingerprint density at radius 3 is 2.53 bits per heavy atom. The first-order valence-corrected chi connectivity index (χ1v) is 5.33. The summed E-state index contributed by atoms with van der Waals surface area (Å²) >= 11 is 0. The van der Waals surface area contributed by atoms with Crippen LogP contribution in [-0.4, -0.2) is 30.7 Å². The van der Waals surface area contributed by atoms with Gasteiger partial charge in [-0.3, -0.25) is 4.79 Å². The maximum atomic E-state index is 12.8. The van der Waals surface area contributed by atoms with E-state index in [1.54, 1.807) is 0 Å². The summed E-state index contributed by atoms with van der Waals surface area (Å²) in [6.07, 6.45) is 1.61. The Balaban J connectivity index is 0.00000112. The molecule has 0 bridgehead atoms. The van der Waals surface area contributed by atoms with Gasteiger partial charge >= 0.3 is 0 Å². The van der Waals surface area contributed by atoms with Crippen LogP contribution in [0.5, 0.6) is 0 Å². The Bertz CT molecular complexity index is 233. The van der Waals surface area contributed by atoms with Crippen LogP contribution < -0.4 is 10.6 Å². The number of carbonyl (C=O) groups excluding carboxylic acids is 1. The fourth-order valence-corrected chi connectivity index (χ4v) is 2.21. The lowest BCUT2D eigenvalue weighted by atomic mass is 9.82. The van der Waals surface area contributed by atoms with Crippen LogP contribution in [0, 0.1) is 5.92 Å². The van der Waals surface area contributed by atoms with E-state index in [9.17, 15) is 9.18 Å². The van der Waals surface area contributed by atoms with Crippen molar-refractivity contribution in [3.05, 3.63) is 0 Å². The molecule has 2 N–H and O–H groups in total. The summed E-state index contributed by atoms with van der Waals surface area (Å²) in [6.45, 7) is 2.49. The molecule has 0 radical (unpaired) electrons. The Kier molecular flexibility index (Phi) is 4.34. The molecule has 2 fully saturated rings. The van der Waals surface area contributed by atoms with E-state index >= 15 is 0 Å². The predicted octanol–water partition coefficient (Wildman–Crippen LogP) is 1.02. The van der Waals surface area contributed by atoms with Gasteiger partial charge in [-0.1, -0.05) is 6.92 Å². The van der Waals surface area contributed by atoms with Gasteiger partial charge in [-0.05, 0) is 18.8 Å². The summed E-state index contributed by atoms with van der Waals surface area (Å²) < 4.78 is 12.8. The minimum Gasteiger partial charge on any atom is -0.352 e. The van der Waals surface area contributed by atoms with E-state index in [1.807, 2.05) is 0 Å². The lowest BCUT2D eigenvalue weighted by Crippen LogP contribution is -2.49. The first-order chi connectivity index (χ1) is 6.65. The lowest BCUT2D eigenvalue weighted by Gasteiger charge is -2.33. The first-order valence-electron chi connectivity index (χ1n) is 5.33. The normalized spacial score (nSPS) is 39.1. The highest BCUT2D eigenvalue weighted by atomic mass is 35.5. The summed E-state index contributed by atoms with van der Waals surface area (Å²) in [6, 6.07) is 0.0267. The van der Waals surface area contributed by atoms with Crippen molar-refractivity contribution in [2.45, 2.75) is 44.4 Å². The van der Waals surface area contributed by atoms with Crippen LogP contribution in [0.4, 0.5) is 4.39 Å². The quantitative estimate of drug-likeness (QED) is 0.752. The predicted molar refractivity (Wildman–Crippen MR) is 58.9 cm³/mol. The Morgan fingerprint density at radius 2 is 2.07 bits per heavy atom. The maximum absolute atomic E-state index is 12.8. The van der Waals surface area contributed by atoms with Gasteiger partial charge in [-0.15, -0.1) is 12.4 Å². The molecule has 1 heterocycles. The van der Waals surface area contributed by atoms with E-state index in [4.69, 9.17) is 0 Å². The second-order valence-corrected chi connectivity index (χ2v) is 4.58. The molecule has 1 aliphatic carbocycles. The average molecular weight is 237 g/mol. The number of carbonyl (C=O) groups is 1. The van der Waals surface area contributed by atoms with Gasteiger partial charge in [0.05, 0.1) is 6.04 Å². The van der Waals surface area contributed by atoms with Gasteiger partial charge in [-0.2, -0.15) is 0 Å². The molecule has 15 heavy (non-hydrogen) atoms. The molecular weight excluding hydrogens is 219 g/mol. The van der Waals surface area contributed by atoms with Gasteiger partial charge in [-0.25, -0.2) is 4.39 Å². The smallest absolute Gasteiger partial charge is 0.237 e. The van der Waals surface area contributed by atoms with E-state index in [2.05, 4.69) is 17.6 Å². The minimum absolute atomic E-state index is 0. The molecule has 2 atom stereocenters. The molecule has 5 heteroatoms. The van der Waals surface area contributed by atoms with E-state index in [1.165, 1.54) is 0 Å². The number of alkyl halides is 1. The molecule has 2 rings (SSSR count). The van der Waals surface area contributed by atoms with E-state index in [0.717, 1.165) is 18.8 Å². The van der Waals surface area contributed by atoms with E-state index < -0.39 is 6.17 Å². The van der Waals surface area contributed by atoms with Crippen molar-refractivity contribution >= 4 is 18.3 Å². The number of hydrogen-bond acceptors (Lipinski definition) is 2. The van der Waals surface area contributed by atoms with Crippen molar-refractivity contribution in [1.29, 1.82) is 0 Å². The van der Waals surface area contributed by atoms with E-state index in [0.29, 0.717) is 19.0 Å².